The van der Waals surface area contributed by atoms with E-state index < -0.39 is 0 Å². The SMILES string of the molecule is C=CCN(Cc1ccccc1F)C(=O)C1CCNC1.Cl. The van der Waals surface area contributed by atoms with Crippen LogP contribution in [0.25, 0.3) is 0 Å². The van der Waals surface area contributed by atoms with Gasteiger partial charge in [0.05, 0.1) is 5.92 Å². The Balaban J connectivity index is 0.00000200. The fraction of sp³-hybridized carbons (Fsp3) is 0.400. The maximum Gasteiger partial charge on any atom is 0.227 e. The zero-order valence-electron chi connectivity index (χ0n) is 11.3. The average Bonchev–Trinajstić information content (AvgIpc) is 2.94. The van der Waals surface area contributed by atoms with Crippen LogP contribution in [0.15, 0.2) is 36.9 Å². The molecule has 1 N–H and O–H groups in total. The Morgan fingerprint density at radius 1 is 1.50 bits per heavy atom. The number of hydrogen-bond donors (Lipinski definition) is 1. The minimum absolute atomic E-state index is 0. The molecule has 1 aromatic rings. The summed E-state index contributed by atoms with van der Waals surface area (Å²) in [7, 11) is 0. The van der Waals surface area contributed by atoms with Crippen molar-refractivity contribution in [3.8, 4) is 0 Å². The summed E-state index contributed by atoms with van der Waals surface area (Å²) in [6, 6.07) is 6.57. The molecule has 1 aliphatic rings. The fourth-order valence-electron chi connectivity index (χ4n) is 2.34. The third-order valence-electron chi connectivity index (χ3n) is 3.39. The summed E-state index contributed by atoms with van der Waals surface area (Å²) in [4.78, 5) is 14.0. The minimum Gasteiger partial charge on any atom is -0.334 e. The van der Waals surface area contributed by atoms with Gasteiger partial charge in [-0.15, -0.1) is 19.0 Å². The molecule has 0 aliphatic carbocycles. The quantitative estimate of drug-likeness (QED) is 0.847. The van der Waals surface area contributed by atoms with E-state index in [2.05, 4.69) is 11.9 Å². The van der Waals surface area contributed by atoms with Gasteiger partial charge in [0.15, 0.2) is 0 Å². The molecule has 5 heteroatoms. The first-order chi connectivity index (χ1) is 9.22. The molecule has 1 aliphatic heterocycles. The molecule has 0 saturated carbocycles. The predicted molar refractivity (Wildman–Crippen MR) is 80.2 cm³/mol. The number of nitrogens with one attached hydrogen (secondary N) is 1. The number of halogens is 2. The summed E-state index contributed by atoms with van der Waals surface area (Å²) in [5.74, 6) is -0.186. The van der Waals surface area contributed by atoms with Crippen molar-refractivity contribution < 1.29 is 9.18 Å². The summed E-state index contributed by atoms with van der Waals surface area (Å²) < 4.78 is 13.7. The van der Waals surface area contributed by atoms with E-state index >= 15 is 0 Å². The summed E-state index contributed by atoms with van der Waals surface area (Å²) in [6.45, 7) is 6.00. The van der Waals surface area contributed by atoms with E-state index in [1.165, 1.54) is 6.07 Å². The summed E-state index contributed by atoms with van der Waals surface area (Å²) >= 11 is 0. The Morgan fingerprint density at radius 3 is 2.85 bits per heavy atom. The van der Waals surface area contributed by atoms with Crippen LogP contribution in [0.4, 0.5) is 4.39 Å². The van der Waals surface area contributed by atoms with Gasteiger partial charge < -0.3 is 10.2 Å². The van der Waals surface area contributed by atoms with Gasteiger partial charge in [-0.05, 0) is 19.0 Å². The highest BCUT2D eigenvalue weighted by molar-refractivity contribution is 5.85. The van der Waals surface area contributed by atoms with Crippen LogP contribution < -0.4 is 5.32 Å². The Morgan fingerprint density at radius 2 is 2.25 bits per heavy atom. The highest BCUT2D eigenvalue weighted by atomic mass is 35.5. The second kappa shape index (κ2) is 8.02. The molecule has 110 valence electrons. The zero-order valence-corrected chi connectivity index (χ0v) is 12.2. The maximum atomic E-state index is 13.7. The lowest BCUT2D eigenvalue weighted by atomic mass is 10.1. The van der Waals surface area contributed by atoms with Crippen LogP contribution in [-0.4, -0.2) is 30.4 Å². The van der Waals surface area contributed by atoms with Gasteiger partial charge >= 0.3 is 0 Å². The summed E-state index contributed by atoms with van der Waals surface area (Å²) in [5, 5.41) is 3.18. The Bertz CT molecular complexity index is 461. The third-order valence-corrected chi connectivity index (χ3v) is 3.39. The molecule has 1 heterocycles. The molecule has 0 bridgehead atoms. The first-order valence-corrected chi connectivity index (χ1v) is 6.56. The van der Waals surface area contributed by atoms with Crippen molar-refractivity contribution in [2.75, 3.05) is 19.6 Å². The van der Waals surface area contributed by atoms with E-state index in [1.54, 1.807) is 29.2 Å². The van der Waals surface area contributed by atoms with Crippen LogP contribution in [-0.2, 0) is 11.3 Å². The van der Waals surface area contributed by atoms with Crippen molar-refractivity contribution in [2.45, 2.75) is 13.0 Å². The molecule has 1 amide bonds. The molecule has 1 unspecified atom stereocenters. The van der Waals surface area contributed by atoms with Gasteiger partial charge in [0, 0.05) is 25.2 Å². The average molecular weight is 299 g/mol. The van der Waals surface area contributed by atoms with Gasteiger partial charge in [-0.3, -0.25) is 4.79 Å². The molecule has 1 fully saturated rings. The summed E-state index contributed by atoms with van der Waals surface area (Å²) in [6.07, 6.45) is 2.53. The Kier molecular flexibility index (Phi) is 6.68. The molecule has 1 saturated heterocycles. The van der Waals surface area contributed by atoms with Crippen molar-refractivity contribution in [2.24, 2.45) is 5.92 Å². The monoisotopic (exact) mass is 298 g/mol. The van der Waals surface area contributed by atoms with Crippen LogP contribution in [0, 0.1) is 11.7 Å². The van der Waals surface area contributed by atoms with Crippen LogP contribution in [0.3, 0.4) is 0 Å². The topological polar surface area (TPSA) is 32.3 Å². The van der Waals surface area contributed by atoms with Gasteiger partial charge in [0.1, 0.15) is 5.82 Å². The number of rotatable bonds is 5. The van der Waals surface area contributed by atoms with Crippen LogP contribution in [0.2, 0.25) is 0 Å². The number of carbonyl (C=O) groups excluding carboxylic acids is 1. The molecule has 1 atom stereocenters. The van der Waals surface area contributed by atoms with Crippen LogP contribution in [0.1, 0.15) is 12.0 Å². The number of nitrogens with zero attached hydrogens (tertiary/aromatic N) is 1. The smallest absolute Gasteiger partial charge is 0.227 e. The highest BCUT2D eigenvalue weighted by Crippen LogP contribution is 2.16. The first-order valence-electron chi connectivity index (χ1n) is 6.56. The molecular weight excluding hydrogens is 279 g/mol. The first kappa shape index (κ1) is 16.7. The van der Waals surface area contributed by atoms with E-state index in [4.69, 9.17) is 0 Å². The lowest BCUT2D eigenvalue weighted by molar-refractivity contribution is -0.135. The lowest BCUT2D eigenvalue weighted by Crippen LogP contribution is -2.37. The van der Waals surface area contributed by atoms with E-state index in [-0.39, 0.29) is 30.0 Å². The molecule has 20 heavy (non-hydrogen) atoms. The van der Waals surface area contributed by atoms with Crippen molar-refractivity contribution in [1.29, 1.82) is 0 Å². The molecule has 2 rings (SSSR count). The maximum absolute atomic E-state index is 13.7. The fourth-order valence-corrected chi connectivity index (χ4v) is 2.34. The molecule has 0 aromatic heterocycles. The number of hydrogen-bond acceptors (Lipinski definition) is 2. The lowest BCUT2D eigenvalue weighted by Gasteiger charge is -2.24. The van der Waals surface area contributed by atoms with Gasteiger partial charge in [-0.25, -0.2) is 4.39 Å². The standard InChI is InChI=1S/C15H19FN2O.ClH/c1-2-9-18(15(19)12-7-8-17-10-12)11-13-5-3-4-6-14(13)16;/h2-6,12,17H,1,7-11H2;1H. The number of benzene rings is 1. The van der Waals surface area contributed by atoms with Gasteiger partial charge in [-0.2, -0.15) is 0 Å². The summed E-state index contributed by atoms with van der Waals surface area (Å²) in [5.41, 5.74) is 0.545. The van der Waals surface area contributed by atoms with Crippen molar-refractivity contribution >= 4 is 18.3 Å². The number of amides is 1. The second-order valence-electron chi connectivity index (χ2n) is 4.79. The van der Waals surface area contributed by atoms with Crippen molar-refractivity contribution in [3.63, 3.8) is 0 Å². The highest BCUT2D eigenvalue weighted by Gasteiger charge is 2.26. The van der Waals surface area contributed by atoms with Gasteiger partial charge in [0.25, 0.3) is 0 Å². The Hall–Kier alpha value is -1.39. The van der Waals surface area contributed by atoms with E-state index in [1.807, 2.05) is 0 Å². The van der Waals surface area contributed by atoms with Crippen molar-refractivity contribution in [3.05, 3.63) is 48.3 Å². The van der Waals surface area contributed by atoms with E-state index in [9.17, 15) is 9.18 Å². The minimum atomic E-state index is -0.270. The molecule has 0 spiro atoms. The molecule has 1 aromatic carbocycles. The van der Waals surface area contributed by atoms with E-state index in [0.29, 0.717) is 25.2 Å². The van der Waals surface area contributed by atoms with Gasteiger partial charge in [-0.1, -0.05) is 24.3 Å². The molecule has 0 radical (unpaired) electrons. The number of carbonyl (C=O) groups is 1. The van der Waals surface area contributed by atoms with Gasteiger partial charge in [0.2, 0.25) is 5.91 Å². The van der Waals surface area contributed by atoms with Crippen molar-refractivity contribution in [1.82, 2.24) is 10.2 Å². The zero-order chi connectivity index (χ0) is 13.7. The molecule has 3 nitrogen and oxygen atoms in total. The second-order valence-corrected chi connectivity index (χ2v) is 4.79. The van der Waals surface area contributed by atoms with E-state index in [0.717, 1.165) is 13.0 Å². The molecular formula is C15H20ClFN2O. The largest absolute Gasteiger partial charge is 0.334 e. The Labute approximate surface area is 125 Å². The van der Waals surface area contributed by atoms with Crippen LogP contribution in [0.5, 0.6) is 0 Å². The van der Waals surface area contributed by atoms with Crippen LogP contribution >= 0.6 is 12.4 Å². The third kappa shape index (κ3) is 4.05. The predicted octanol–water partition coefficient (Wildman–Crippen LogP) is 2.37. The normalized spacial score (nSPS) is 17.4.